The third kappa shape index (κ3) is 9.09. The topological polar surface area (TPSA) is 67.4 Å². The molecule has 0 spiro atoms. The second-order valence-corrected chi connectivity index (χ2v) is 6.34. The molecule has 0 aromatic heterocycles. The molecule has 1 saturated heterocycles. The molecule has 0 radical (unpaired) electrons. The number of guanidine groups is 1. The van der Waals surface area contributed by atoms with Gasteiger partial charge in [-0.3, -0.25) is 9.89 Å². The van der Waals surface area contributed by atoms with Gasteiger partial charge in [-0.25, -0.2) is 0 Å². The Morgan fingerprint density at radius 1 is 1.30 bits per heavy atom. The second-order valence-electron chi connectivity index (χ2n) is 6.34. The standard InChI is InChI=1S/C19H32N4O3.HI/c1-16(15-24-3)22-19(20-2)21-14-17-6-4-5-7-18(17)26-13-10-23-8-11-25-12-9-23;/h4-7,16H,8-15H2,1-3H3,(H2,20,21,22);1H. The summed E-state index contributed by atoms with van der Waals surface area (Å²) < 4.78 is 16.5. The van der Waals surface area contributed by atoms with Crippen LogP contribution in [0.2, 0.25) is 0 Å². The van der Waals surface area contributed by atoms with E-state index in [4.69, 9.17) is 14.2 Å². The van der Waals surface area contributed by atoms with Crippen molar-refractivity contribution in [2.24, 2.45) is 4.99 Å². The third-order valence-electron chi connectivity index (χ3n) is 4.21. The van der Waals surface area contributed by atoms with Crippen LogP contribution in [0, 0.1) is 0 Å². The Kier molecular flexibility index (Phi) is 12.4. The van der Waals surface area contributed by atoms with E-state index in [1.807, 2.05) is 18.2 Å². The molecule has 2 N–H and O–H groups in total. The van der Waals surface area contributed by atoms with Gasteiger partial charge in [0.1, 0.15) is 12.4 Å². The summed E-state index contributed by atoms with van der Waals surface area (Å²) in [6.07, 6.45) is 0. The SMILES string of the molecule is CN=C(NCc1ccccc1OCCN1CCOCC1)NC(C)COC.I. The molecule has 0 bridgehead atoms. The molecule has 1 fully saturated rings. The van der Waals surface area contributed by atoms with Gasteiger partial charge in [0.15, 0.2) is 5.96 Å². The summed E-state index contributed by atoms with van der Waals surface area (Å²) in [5.74, 6) is 1.66. The van der Waals surface area contributed by atoms with Crippen molar-refractivity contribution in [2.75, 3.05) is 60.2 Å². The van der Waals surface area contributed by atoms with E-state index in [1.54, 1.807) is 14.2 Å². The van der Waals surface area contributed by atoms with Crippen molar-refractivity contribution < 1.29 is 14.2 Å². The summed E-state index contributed by atoms with van der Waals surface area (Å²) in [6, 6.07) is 8.30. The summed E-state index contributed by atoms with van der Waals surface area (Å²) >= 11 is 0. The molecule has 1 aromatic rings. The zero-order valence-corrected chi connectivity index (χ0v) is 18.9. The minimum absolute atomic E-state index is 0. The fraction of sp³-hybridized carbons (Fsp3) is 0.632. The zero-order chi connectivity index (χ0) is 18.6. The van der Waals surface area contributed by atoms with Gasteiger partial charge in [-0.15, -0.1) is 24.0 Å². The molecule has 0 saturated carbocycles. The first kappa shape index (κ1) is 23.9. The van der Waals surface area contributed by atoms with Crippen LogP contribution in [0.5, 0.6) is 5.75 Å². The number of benzene rings is 1. The van der Waals surface area contributed by atoms with Gasteiger partial charge in [0.25, 0.3) is 0 Å². The highest BCUT2D eigenvalue weighted by atomic mass is 127. The Morgan fingerprint density at radius 2 is 2.04 bits per heavy atom. The zero-order valence-electron chi connectivity index (χ0n) is 16.6. The van der Waals surface area contributed by atoms with Crippen molar-refractivity contribution in [3.8, 4) is 5.75 Å². The molecule has 0 amide bonds. The average molecular weight is 492 g/mol. The molecule has 1 aliphatic heterocycles. The first-order valence-electron chi connectivity index (χ1n) is 9.20. The molecule has 154 valence electrons. The number of nitrogens with one attached hydrogen (secondary N) is 2. The van der Waals surface area contributed by atoms with E-state index in [2.05, 4.69) is 33.5 Å². The maximum absolute atomic E-state index is 6.02. The number of nitrogens with zero attached hydrogens (tertiary/aromatic N) is 2. The van der Waals surface area contributed by atoms with Crippen LogP contribution >= 0.6 is 24.0 Å². The molecular formula is C19H33IN4O3. The van der Waals surface area contributed by atoms with E-state index in [1.165, 1.54) is 0 Å². The second kappa shape index (κ2) is 14.0. The summed E-state index contributed by atoms with van der Waals surface area (Å²) in [5, 5.41) is 6.63. The van der Waals surface area contributed by atoms with Crippen LogP contribution in [-0.2, 0) is 16.0 Å². The Bertz CT molecular complexity index is 554. The summed E-state index contributed by atoms with van der Waals surface area (Å²) in [7, 11) is 3.46. The molecule has 2 rings (SSSR count). The predicted octanol–water partition coefficient (Wildman–Crippen LogP) is 1.72. The maximum atomic E-state index is 6.02. The van der Waals surface area contributed by atoms with Gasteiger partial charge in [-0.2, -0.15) is 0 Å². The van der Waals surface area contributed by atoms with E-state index in [0.29, 0.717) is 19.8 Å². The molecule has 7 nitrogen and oxygen atoms in total. The fourth-order valence-electron chi connectivity index (χ4n) is 2.80. The molecule has 1 unspecified atom stereocenters. The Balaban J connectivity index is 0.00000364. The van der Waals surface area contributed by atoms with E-state index >= 15 is 0 Å². The van der Waals surface area contributed by atoms with Crippen molar-refractivity contribution in [2.45, 2.75) is 19.5 Å². The van der Waals surface area contributed by atoms with Crippen LogP contribution in [0.25, 0.3) is 0 Å². The molecule has 1 aliphatic rings. The van der Waals surface area contributed by atoms with Gasteiger partial charge in [0, 0.05) is 51.9 Å². The maximum Gasteiger partial charge on any atom is 0.191 e. The quantitative estimate of drug-likeness (QED) is 0.311. The highest BCUT2D eigenvalue weighted by Gasteiger charge is 2.11. The minimum atomic E-state index is 0. The summed E-state index contributed by atoms with van der Waals surface area (Å²) in [5.41, 5.74) is 1.11. The Labute approximate surface area is 179 Å². The number of halogens is 1. The van der Waals surface area contributed by atoms with Crippen LogP contribution in [0.3, 0.4) is 0 Å². The number of hydrogen-bond acceptors (Lipinski definition) is 5. The van der Waals surface area contributed by atoms with Crippen LogP contribution in [0.4, 0.5) is 0 Å². The lowest BCUT2D eigenvalue weighted by Gasteiger charge is -2.26. The number of para-hydroxylation sites is 1. The highest BCUT2D eigenvalue weighted by molar-refractivity contribution is 14.0. The first-order valence-corrected chi connectivity index (χ1v) is 9.20. The largest absolute Gasteiger partial charge is 0.492 e. The molecule has 1 atom stereocenters. The average Bonchev–Trinajstić information content (AvgIpc) is 2.67. The van der Waals surface area contributed by atoms with E-state index in [0.717, 1.165) is 50.1 Å². The molecule has 27 heavy (non-hydrogen) atoms. The summed E-state index contributed by atoms with van der Waals surface area (Å²) in [6.45, 7) is 8.51. The highest BCUT2D eigenvalue weighted by Crippen LogP contribution is 2.17. The van der Waals surface area contributed by atoms with Gasteiger partial charge in [-0.05, 0) is 13.0 Å². The molecule has 8 heteroatoms. The van der Waals surface area contributed by atoms with Crippen molar-refractivity contribution >= 4 is 29.9 Å². The number of ether oxygens (including phenoxy) is 3. The number of morpholine rings is 1. The number of methoxy groups -OCH3 is 1. The van der Waals surface area contributed by atoms with Crippen molar-refractivity contribution in [3.63, 3.8) is 0 Å². The molecule has 1 aromatic carbocycles. The van der Waals surface area contributed by atoms with Crippen LogP contribution in [0.1, 0.15) is 12.5 Å². The number of hydrogen-bond donors (Lipinski definition) is 2. The number of aliphatic imine (C=N–C) groups is 1. The number of rotatable bonds is 9. The summed E-state index contributed by atoms with van der Waals surface area (Å²) in [4.78, 5) is 6.63. The van der Waals surface area contributed by atoms with E-state index in [9.17, 15) is 0 Å². The van der Waals surface area contributed by atoms with Gasteiger partial charge in [0.2, 0.25) is 0 Å². The molecule has 1 heterocycles. The smallest absolute Gasteiger partial charge is 0.191 e. The van der Waals surface area contributed by atoms with Crippen molar-refractivity contribution in [1.29, 1.82) is 0 Å². The lowest BCUT2D eigenvalue weighted by Crippen LogP contribution is -2.43. The van der Waals surface area contributed by atoms with Gasteiger partial charge < -0.3 is 24.8 Å². The van der Waals surface area contributed by atoms with Gasteiger partial charge in [-0.1, -0.05) is 18.2 Å². The lowest BCUT2D eigenvalue weighted by atomic mass is 10.2. The van der Waals surface area contributed by atoms with Crippen LogP contribution in [-0.4, -0.2) is 77.1 Å². The van der Waals surface area contributed by atoms with E-state index < -0.39 is 0 Å². The Morgan fingerprint density at radius 3 is 2.74 bits per heavy atom. The first-order chi connectivity index (χ1) is 12.7. The molecule has 0 aliphatic carbocycles. The normalized spacial score (nSPS) is 16.3. The van der Waals surface area contributed by atoms with Crippen LogP contribution in [0.15, 0.2) is 29.3 Å². The Hall–Kier alpha value is -1.10. The predicted molar refractivity (Wildman–Crippen MR) is 119 cm³/mol. The van der Waals surface area contributed by atoms with E-state index in [-0.39, 0.29) is 30.0 Å². The lowest BCUT2D eigenvalue weighted by molar-refractivity contribution is 0.0322. The fourth-order valence-corrected chi connectivity index (χ4v) is 2.80. The van der Waals surface area contributed by atoms with Gasteiger partial charge in [0.05, 0.1) is 19.8 Å². The van der Waals surface area contributed by atoms with Crippen molar-refractivity contribution in [3.05, 3.63) is 29.8 Å². The minimum Gasteiger partial charge on any atom is -0.492 e. The molecular weight excluding hydrogens is 459 g/mol. The monoisotopic (exact) mass is 492 g/mol. The van der Waals surface area contributed by atoms with Crippen molar-refractivity contribution in [1.82, 2.24) is 15.5 Å². The van der Waals surface area contributed by atoms with Gasteiger partial charge >= 0.3 is 0 Å². The third-order valence-corrected chi connectivity index (χ3v) is 4.21. The van der Waals surface area contributed by atoms with Crippen LogP contribution < -0.4 is 15.4 Å².